The Hall–Kier alpha value is -0.850. The van der Waals surface area contributed by atoms with Gasteiger partial charge in [0.25, 0.3) is 0 Å². The second-order valence-corrected chi connectivity index (χ2v) is 8.24. The molecule has 0 amide bonds. The fourth-order valence-corrected chi connectivity index (χ4v) is 4.97. The molecule has 1 aliphatic rings. The van der Waals surface area contributed by atoms with Gasteiger partial charge in [0.15, 0.2) is 0 Å². The molecule has 0 saturated carbocycles. The Morgan fingerprint density at radius 2 is 2.29 bits per heavy atom. The molecule has 2 N–H and O–H groups in total. The lowest BCUT2D eigenvalue weighted by Crippen LogP contribution is -2.17. The van der Waals surface area contributed by atoms with Gasteiger partial charge in [-0.2, -0.15) is 16.9 Å². The van der Waals surface area contributed by atoms with Crippen LogP contribution in [-0.4, -0.2) is 20.5 Å². The van der Waals surface area contributed by atoms with Gasteiger partial charge in [-0.15, -0.1) is 11.3 Å². The average molecular weight is 323 g/mol. The molecule has 0 aliphatic carbocycles. The number of hydrogen-bond acceptors (Lipinski definition) is 5. The van der Waals surface area contributed by atoms with E-state index in [1.807, 2.05) is 27.8 Å². The number of aromatic nitrogens is 3. The molecule has 2 aromatic rings. The summed E-state index contributed by atoms with van der Waals surface area (Å²) >= 11 is 3.91. The molecule has 3 rings (SSSR count). The number of fused-ring (bicyclic) bond motifs is 1. The Balaban J connectivity index is 1.72. The lowest BCUT2D eigenvalue weighted by atomic mass is 10.1. The first-order valence-corrected chi connectivity index (χ1v) is 9.42. The van der Waals surface area contributed by atoms with Crippen molar-refractivity contribution in [2.75, 3.05) is 5.75 Å². The topological polar surface area (TPSA) is 56.7 Å². The first-order valence-electron chi connectivity index (χ1n) is 7.45. The molecule has 2 aromatic heterocycles. The molecule has 0 fully saturated rings. The van der Waals surface area contributed by atoms with Crippen LogP contribution in [0.1, 0.15) is 41.0 Å². The summed E-state index contributed by atoms with van der Waals surface area (Å²) in [5.41, 5.74) is 7.91. The maximum Gasteiger partial charge on any atom is 0.138 e. The van der Waals surface area contributed by atoms with Crippen LogP contribution in [0, 0.1) is 5.92 Å². The number of rotatable bonds is 5. The summed E-state index contributed by atoms with van der Waals surface area (Å²) in [5, 5.41) is 4.32. The molecule has 0 bridgehead atoms. The van der Waals surface area contributed by atoms with Crippen LogP contribution >= 0.6 is 23.1 Å². The van der Waals surface area contributed by atoms with Crippen LogP contribution in [0.5, 0.6) is 0 Å². The predicted octanol–water partition coefficient (Wildman–Crippen LogP) is 3.03. The fraction of sp³-hybridized carbons (Fsp3) is 0.600. The van der Waals surface area contributed by atoms with Crippen LogP contribution in [-0.2, 0) is 25.1 Å². The Kier molecular flexibility index (Phi) is 4.66. The first kappa shape index (κ1) is 15.1. The van der Waals surface area contributed by atoms with Crippen molar-refractivity contribution in [3.63, 3.8) is 0 Å². The zero-order valence-corrected chi connectivity index (χ0v) is 14.2. The van der Waals surface area contributed by atoms with Crippen molar-refractivity contribution in [1.82, 2.24) is 14.8 Å². The Bertz CT molecular complexity index is 579. The van der Waals surface area contributed by atoms with Gasteiger partial charge >= 0.3 is 0 Å². The van der Waals surface area contributed by atoms with Gasteiger partial charge in [-0.1, -0.05) is 13.8 Å². The van der Waals surface area contributed by atoms with E-state index in [2.05, 4.69) is 30.0 Å². The number of nitrogens with zero attached hydrogens (tertiary/aromatic N) is 3. The highest BCUT2D eigenvalue weighted by Crippen LogP contribution is 2.34. The smallest absolute Gasteiger partial charge is 0.138 e. The van der Waals surface area contributed by atoms with Gasteiger partial charge in [0, 0.05) is 34.5 Å². The summed E-state index contributed by atoms with van der Waals surface area (Å²) in [6, 6.07) is 2.33. The number of nitrogens with two attached hydrogens (primary N) is 1. The van der Waals surface area contributed by atoms with Gasteiger partial charge in [0.05, 0.1) is 0 Å². The zero-order valence-electron chi connectivity index (χ0n) is 12.6. The minimum Gasteiger partial charge on any atom is -0.323 e. The van der Waals surface area contributed by atoms with Gasteiger partial charge in [0.2, 0.25) is 0 Å². The molecule has 4 nitrogen and oxygen atoms in total. The highest BCUT2D eigenvalue weighted by atomic mass is 32.2. The number of hydrogen-bond donors (Lipinski definition) is 1. The second-order valence-electron chi connectivity index (χ2n) is 5.96. The minimum absolute atomic E-state index is 0.0284. The summed E-state index contributed by atoms with van der Waals surface area (Å²) in [4.78, 5) is 7.21. The summed E-state index contributed by atoms with van der Waals surface area (Å²) in [6.07, 6.45) is 3.60. The van der Waals surface area contributed by atoms with Crippen molar-refractivity contribution in [2.45, 2.75) is 45.0 Å². The number of aryl methyl sites for hydroxylation is 1. The molecular weight excluding hydrogens is 300 g/mol. The molecule has 6 heteroatoms. The van der Waals surface area contributed by atoms with E-state index in [9.17, 15) is 0 Å². The molecule has 0 saturated heterocycles. The van der Waals surface area contributed by atoms with Crippen LogP contribution in [0.2, 0.25) is 0 Å². The molecule has 1 unspecified atom stereocenters. The van der Waals surface area contributed by atoms with E-state index < -0.39 is 0 Å². The highest BCUT2D eigenvalue weighted by molar-refractivity contribution is 7.98. The van der Waals surface area contributed by atoms with Crippen LogP contribution in [0.3, 0.4) is 0 Å². The van der Waals surface area contributed by atoms with E-state index in [-0.39, 0.29) is 6.04 Å². The summed E-state index contributed by atoms with van der Waals surface area (Å²) in [5.74, 6) is 3.94. The third-order valence-corrected chi connectivity index (χ3v) is 6.03. The normalized spacial score (nSPS) is 16.2. The maximum atomic E-state index is 6.42. The van der Waals surface area contributed by atoms with Crippen LogP contribution in [0.4, 0.5) is 0 Å². The fourth-order valence-electron chi connectivity index (χ4n) is 2.59. The van der Waals surface area contributed by atoms with Crippen LogP contribution in [0.25, 0.3) is 0 Å². The highest BCUT2D eigenvalue weighted by Gasteiger charge is 2.19. The van der Waals surface area contributed by atoms with Crippen molar-refractivity contribution < 1.29 is 0 Å². The molecule has 21 heavy (non-hydrogen) atoms. The molecule has 3 heterocycles. The third-order valence-electron chi connectivity index (χ3n) is 3.65. The second kappa shape index (κ2) is 6.50. The van der Waals surface area contributed by atoms with E-state index in [1.54, 1.807) is 6.33 Å². The van der Waals surface area contributed by atoms with Gasteiger partial charge < -0.3 is 5.73 Å². The van der Waals surface area contributed by atoms with Crippen LogP contribution in [0.15, 0.2) is 12.4 Å². The summed E-state index contributed by atoms with van der Waals surface area (Å²) in [6.45, 7) is 5.28. The monoisotopic (exact) mass is 322 g/mol. The van der Waals surface area contributed by atoms with Crippen molar-refractivity contribution in [3.05, 3.63) is 33.5 Å². The predicted molar refractivity (Wildman–Crippen MR) is 89.7 cm³/mol. The molecule has 1 aliphatic heterocycles. The average Bonchev–Trinajstić information content (AvgIpc) is 3.05. The van der Waals surface area contributed by atoms with Gasteiger partial charge in [0.1, 0.15) is 12.2 Å². The summed E-state index contributed by atoms with van der Waals surface area (Å²) in [7, 11) is 0. The van der Waals surface area contributed by atoms with Gasteiger partial charge in [-0.05, 0) is 29.7 Å². The van der Waals surface area contributed by atoms with Crippen molar-refractivity contribution in [2.24, 2.45) is 11.7 Å². The van der Waals surface area contributed by atoms with Crippen molar-refractivity contribution in [3.8, 4) is 0 Å². The minimum atomic E-state index is 0.0284. The van der Waals surface area contributed by atoms with E-state index in [0.29, 0.717) is 5.92 Å². The largest absolute Gasteiger partial charge is 0.323 e. The quantitative estimate of drug-likeness (QED) is 0.919. The van der Waals surface area contributed by atoms with E-state index in [4.69, 9.17) is 5.73 Å². The van der Waals surface area contributed by atoms with Gasteiger partial charge in [-0.3, -0.25) is 0 Å². The molecule has 0 aromatic carbocycles. The summed E-state index contributed by atoms with van der Waals surface area (Å²) < 4.78 is 1.99. The Labute approximate surface area is 134 Å². The van der Waals surface area contributed by atoms with Crippen molar-refractivity contribution in [1.29, 1.82) is 0 Å². The first-order chi connectivity index (χ1) is 10.1. The third kappa shape index (κ3) is 3.49. The van der Waals surface area contributed by atoms with E-state index in [1.165, 1.54) is 27.5 Å². The maximum absolute atomic E-state index is 6.42. The molecular formula is C15H22N4S2. The van der Waals surface area contributed by atoms with E-state index in [0.717, 1.165) is 24.5 Å². The zero-order chi connectivity index (χ0) is 14.8. The molecule has 1 atom stereocenters. The molecule has 0 radical (unpaired) electrons. The standard InChI is InChI=1S/C15H22N4S2/c1-10(2)7-19-15(17-9-18-19)6-12(16)14-5-11-8-20-4-3-13(11)21-14/h5,9-10,12H,3-4,6-8,16H2,1-2H3. The molecule has 114 valence electrons. The lowest BCUT2D eigenvalue weighted by Gasteiger charge is -2.12. The van der Waals surface area contributed by atoms with Gasteiger partial charge in [-0.25, -0.2) is 9.67 Å². The Morgan fingerprint density at radius 1 is 1.43 bits per heavy atom. The van der Waals surface area contributed by atoms with Crippen molar-refractivity contribution >= 4 is 23.1 Å². The molecule has 0 spiro atoms. The Morgan fingerprint density at radius 3 is 3.05 bits per heavy atom. The van der Waals surface area contributed by atoms with E-state index >= 15 is 0 Å². The number of thioether (sulfide) groups is 1. The van der Waals surface area contributed by atoms with Crippen LogP contribution < -0.4 is 5.73 Å². The SMILES string of the molecule is CC(C)Cn1ncnc1CC(N)c1cc2c(s1)CCSC2. The lowest BCUT2D eigenvalue weighted by molar-refractivity contribution is 0.460. The number of thiophene rings is 1.